The molecule has 1 aliphatic heterocycles. The molecule has 210 valence electrons. The molecule has 42 heavy (non-hydrogen) atoms. The highest BCUT2D eigenvalue weighted by atomic mass is 32.1. The number of pyridine rings is 1. The van der Waals surface area contributed by atoms with E-state index in [1.165, 1.54) is 23.5 Å². The van der Waals surface area contributed by atoms with Crippen molar-refractivity contribution in [1.29, 1.82) is 0 Å². The summed E-state index contributed by atoms with van der Waals surface area (Å²) < 4.78 is 17.5. The number of aromatic nitrogens is 7. The Morgan fingerprint density at radius 3 is 2.60 bits per heavy atom. The summed E-state index contributed by atoms with van der Waals surface area (Å²) >= 11 is 1.32. The Bertz CT molecular complexity index is 1890. The summed E-state index contributed by atoms with van der Waals surface area (Å²) in [5.41, 5.74) is 5.25. The molecule has 1 aliphatic rings. The second kappa shape index (κ2) is 10.9. The number of anilines is 1. The molecule has 1 amide bonds. The molecular weight excluding hydrogens is 553 g/mol. The molecule has 2 N–H and O–H groups in total. The summed E-state index contributed by atoms with van der Waals surface area (Å²) in [5, 5.41) is 11.9. The molecule has 12 heteroatoms. The Kier molecular flexibility index (Phi) is 6.76. The third-order valence-electron chi connectivity index (χ3n) is 7.35. The normalized spacial score (nSPS) is 14.0. The smallest absolute Gasteiger partial charge is 0.268 e. The van der Waals surface area contributed by atoms with Crippen LogP contribution in [0.3, 0.4) is 0 Å². The van der Waals surface area contributed by atoms with Crippen LogP contribution in [0, 0.1) is 12.7 Å². The summed E-state index contributed by atoms with van der Waals surface area (Å²) in [7, 11) is 0. The summed E-state index contributed by atoms with van der Waals surface area (Å²) in [4.78, 5) is 31.6. The van der Waals surface area contributed by atoms with Crippen molar-refractivity contribution in [3.63, 3.8) is 0 Å². The minimum absolute atomic E-state index is 0.262. The van der Waals surface area contributed by atoms with Gasteiger partial charge in [-0.1, -0.05) is 0 Å². The fourth-order valence-electron chi connectivity index (χ4n) is 5.26. The van der Waals surface area contributed by atoms with E-state index in [2.05, 4.69) is 30.2 Å². The van der Waals surface area contributed by atoms with E-state index in [0.717, 1.165) is 53.5 Å². The second-order valence-corrected chi connectivity index (χ2v) is 11.1. The average Bonchev–Trinajstić information content (AvgIpc) is 3.74. The van der Waals surface area contributed by atoms with E-state index in [9.17, 15) is 9.18 Å². The maximum absolute atomic E-state index is 13.7. The third-order valence-corrected chi connectivity index (χ3v) is 8.55. The molecule has 6 aromatic rings. The topological polar surface area (TPSA) is 115 Å². The first kappa shape index (κ1) is 26.1. The number of nitrogens with zero attached hydrogens (tertiary/aromatic N) is 7. The zero-order valence-corrected chi connectivity index (χ0v) is 23.5. The van der Waals surface area contributed by atoms with Gasteiger partial charge in [0.15, 0.2) is 11.5 Å². The Labute approximate surface area is 244 Å². The van der Waals surface area contributed by atoms with Crippen LogP contribution >= 0.6 is 11.3 Å². The van der Waals surface area contributed by atoms with Crippen molar-refractivity contribution in [3.8, 4) is 33.2 Å². The Hall–Kier alpha value is -4.81. The number of nitrogens with one attached hydrogen (secondary N) is 2. The fourth-order valence-corrected chi connectivity index (χ4v) is 6.23. The van der Waals surface area contributed by atoms with Gasteiger partial charge in [-0.2, -0.15) is 5.10 Å². The molecule has 0 atom stereocenters. The molecule has 5 aromatic heterocycles. The lowest BCUT2D eigenvalue weighted by Crippen LogP contribution is -2.29. The molecule has 1 fully saturated rings. The number of aryl methyl sites for hydroxylation is 1. The van der Waals surface area contributed by atoms with E-state index in [4.69, 9.17) is 10.1 Å². The largest absolute Gasteiger partial charge is 0.326 e. The number of benzene rings is 1. The molecule has 0 unspecified atom stereocenters. The first-order chi connectivity index (χ1) is 20.5. The van der Waals surface area contributed by atoms with Crippen LogP contribution in [-0.4, -0.2) is 53.1 Å². The van der Waals surface area contributed by atoms with Gasteiger partial charge < -0.3 is 15.2 Å². The van der Waals surface area contributed by atoms with E-state index in [0.29, 0.717) is 27.7 Å². The summed E-state index contributed by atoms with van der Waals surface area (Å²) in [6, 6.07) is 14.1. The van der Waals surface area contributed by atoms with E-state index in [-0.39, 0.29) is 17.8 Å². The number of hydrogen-bond acceptors (Lipinski definition) is 8. The summed E-state index contributed by atoms with van der Waals surface area (Å²) in [6.07, 6.45) is 8.88. The highest BCUT2D eigenvalue weighted by Gasteiger charge is 2.24. The number of carbonyl (C=O) groups is 1. The van der Waals surface area contributed by atoms with E-state index in [1.54, 1.807) is 35.2 Å². The van der Waals surface area contributed by atoms with Gasteiger partial charge in [-0.3, -0.25) is 9.78 Å². The van der Waals surface area contributed by atoms with E-state index < -0.39 is 0 Å². The van der Waals surface area contributed by atoms with Crippen LogP contribution in [-0.2, 0) is 0 Å². The van der Waals surface area contributed by atoms with Crippen molar-refractivity contribution < 1.29 is 9.18 Å². The van der Waals surface area contributed by atoms with Gasteiger partial charge in [0.2, 0.25) is 0 Å². The maximum Gasteiger partial charge on any atom is 0.268 e. The highest BCUT2D eigenvalue weighted by Crippen LogP contribution is 2.35. The fraction of sp³-hybridized carbons (Fsp3) is 0.200. The minimum atomic E-state index is -0.298. The molecule has 1 aromatic carbocycles. The van der Waals surface area contributed by atoms with Crippen molar-refractivity contribution in [1.82, 2.24) is 39.4 Å². The Balaban J connectivity index is 1.21. The van der Waals surface area contributed by atoms with Crippen molar-refractivity contribution in [2.24, 2.45) is 0 Å². The van der Waals surface area contributed by atoms with Gasteiger partial charge in [-0.05, 0) is 81.4 Å². The van der Waals surface area contributed by atoms with Gasteiger partial charge in [-0.25, -0.2) is 23.9 Å². The van der Waals surface area contributed by atoms with Crippen molar-refractivity contribution in [3.05, 3.63) is 89.8 Å². The summed E-state index contributed by atoms with van der Waals surface area (Å²) in [6.45, 7) is 3.67. The summed E-state index contributed by atoms with van der Waals surface area (Å²) in [5.74, 6) is -0.196. The number of halogens is 1. The number of hydrogen-bond donors (Lipinski definition) is 2. The predicted molar refractivity (Wildman–Crippen MR) is 159 cm³/mol. The first-order valence-electron chi connectivity index (χ1n) is 13.6. The average molecular weight is 580 g/mol. The standard InChI is InChI=1S/C30H26FN9OS/c1-18-28(42-30(35-18)20-8-12-32-13-9-20)29(41)37-24-16-40-25(36-24)7-6-23(38-40)27-26(19-2-4-21(31)5-3-19)34-17-39(27)22-10-14-33-15-11-22/h2-9,12-13,16-17,22,33H,10-11,14-15H2,1H3,(H,37,41). The van der Waals surface area contributed by atoms with Crippen molar-refractivity contribution >= 4 is 28.7 Å². The molecule has 6 heterocycles. The number of piperidine rings is 1. The molecule has 7 rings (SSSR count). The molecule has 0 radical (unpaired) electrons. The quantitative estimate of drug-likeness (QED) is 0.271. The molecule has 0 spiro atoms. The number of fused-ring (bicyclic) bond motifs is 1. The van der Waals surface area contributed by atoms with Gasteiger partial charge >= 0.3 is 0 Å². The van der Waals surface area contributed by atoms with Crippen LogP contribution in [0.15, 0.2) is 73.4 Å². The van der Waals surface area contributed by atoms with Crippen LogP contribution in [0.2, 0.25) is 0 Å². The second-order valence-electron chi connectivity index (χ2n) is 10.1. The lowest BCUT2D eigenvalue weighted by atomic mass is 10.0. The van der Waals surface area contributed by atoms with Crippen LogP contribution in [0.4, 0.5) is 10.2 Å². The van der Waals surface area contributed by atoms with Crippen LogP contribution in [0.5, 0.6) is 0 Å². The highest BCUT2D eigenvalue weighted by molar-refractivity contribution is 7.17. The zero-order chi connectivity index (χ0) is 28.6. The SMILES string of the molecule is Cc1nc(-c2ccncc2)sc1C(=O)Nc1cn2nc(-c3c(-c4ccc(F)cc4)ncn3C3CCNCC3)ccc2n1. The zero-order valence-electron chi connectivity index (χ0n) is 22.7. The van der Waals surface area contributed by atoms with Gasteiger partial charge in [0.25, 0.3) is 5.91 Å². The maximum atomic E-state index is 13.7. The number of rotatable bonds is 6. The number of amides is 1. The molecule has 1 saturated heterocycles. The number of carbonyl (C=O) groups excluding carboxylic acids is 1. The lowest BCUT2D eigenvalue weighted by Gasteiger charge is -2.25. The van der Waals surface area contributed by atoms with Crippen molar-refractivity contribution in [2.45, 2.75) is 25.8 Å². The molecule has 0 saturated carbocycles. The number of imidazole rings is 2. The Morgan fingerprint density at radius 1 is 1.02 bits per heavy atom. The van der Waals surface area contributed by atoms with E-state index in [1.807, 2.05) is 37.5 Å². The monoisotopic (exact) mass is 579 g/mol. The molecule has 10 nitrogen and oxygen atoms in total. The molecule has 0 aliphatic carbocycles. The third kappa shape index (κ3) is 4.95. The molecule has 0 bridgehead atoms. The van der Waals surface area contributed by atoms with Gasteiger partial charge in [-0.15, -0.1) is 11.3 Å². The predicted octanol–water partition coefficient (Wildman–Crippen LogP) is 5.40. The van der Waals surface area contributed by atoms with Gasteiger partial charge in [0.1, 0.15) is 21.4 Å². The first-order valence-corrected chi connectivity index (χ1v) is 14.4. The van der Waals surface area contributed by atoms with Crippen LogP contribution in [0.1, 0.15) is 34.2 Å². The minimum Gasteiger partial charge on any atom is -0.326 e. The van der Waals surface area contributed by atoms with Crippen molar-refractivity contribution in [2.75, 3.05) is 18.4 Å². The van der Waals surface area contributed by atoms with Crippen LogP contribution in [0.25, 0.3) is 38.9 Å². The van der Waals surface area contributed by atoms with E-state index >= 15 is 0 Å². The van der Waals surface area contributed by atoms with Gasteiger partial charge in [0, 0.05) is 29.6 Å². The molecular formula is C30H26FN9OS. The Morgan fingerprint density at radius 2 is 1.81 bits per heavy atom. The van der Waals surface area contributed by atoms with Gasteiger partial charge in [0.05, 0.1) is 29.6 Å². The lowest BCUT2D eigenvalue weighted by molar-refractivity contribution is 0.102. The number of thiazole rings is 1. The van der Waals surface area contributed by atoms with Crippen LogP contribution < -0.4 is 10.6 Å².